The van der Waals surface area contributed by atoms with E-state index in [1.165, 1.54) is 18.3 Å². The molecule has 1 heterocycles. The average Bonchev–Trinajstić information content (AvgIpc) is 2.35. The number of hydrogen-bond acceptors (Lipinski definition) is 2. The fourth-order valence-electron chi connectivity index (χ4n) is 1.49. The molecule has 18 heavy (non-hydrogen) atoms. The van der Waals surface area contributed by atoms with Crippen LogP contribution in [0.4, 0.5) is 10.1 Å². The lowest BCUT2D eigenvalue weighted by Gasteiger charge is -2.07. The number of nitrogens with one attached hydrogen (secondary N) is 1. The normalized spacial score (nSPS) is 10.2. The maximum atomic E-state index is 12.6. The van der Waals surface area contributed by atoms with Crippen molar-refractivity contribution >= 4 is 23.2 Å². The number of aromatic nitrogens is 1. The van der Waals surface area contributed by atoms with Crippen molar-refractivity contribution in [3.05, 3.63) is 58.6 Å². The number of carbonyl (C=O) groups is 1. The zero-order valence-electron chi connectivity index (χ0n) is 9.58. The van der Waals surface area contributed by atoms with Crippen LogP contribution >= 0.6 is 11.6 Å². The molecule has 1 aromatic carbocycles. The fraction of sp³-hybridized carbons (Fsp3) is 0.0769. The van der Waals surface area contributed by atoms with Gasteiger partial charge < -0.3 is 5.32 Å². The van der Waals surface area contributed by atoms with Gasteiger partial charge in [0.25, 0.3) is 5.91 Å². The SMILES string of the molecule is Cc1ccc(Cl)cc1C(=O)Nc1ccc(F)nc1. The highest BCUT2D eigenvalue weighted by molar-refractivity contribution is 6.31. The van der Waals surface area contributed by atoms with Crippen LogP contribution in [0.3, 0.4) is 0 Å². The maximum Gasteiger partial charge on any atom is 0.256 e. The lowest BCUT2D eigenvalue weighted by atomic mass is 10.1. The summed E-state index contributed by atoms with van der Waals surface area (Å²) in [6, 6.07) is 7.69. The summed E-state index contributed by atoms with van der Waals surface area (Å²) in [5.74, 6) is -0.893. The molecule has 5 heteroatoms. The van der Waals surface area contributed by atoms with E-state index >= 15 is 0 Å². The first-order valence-corrected chi connectivity index (χ1v) is 5.63. The van der Waals surface area contributed by atoms with E-state index in [2.05, 4.69) is 10.3 Å². The van der Waals surface area contributed by atoms with Crippen LogP contribution in [-0.2, 0) is 0 Å². The number of halogens is 2. The van der Waals surface area contributed by atoms with Gasteiger partial charge in [0, 0.05) is 10.6 Å². The second kappa shape index (κ2) is 5.14. The van der Waals surface area contributed by atoms with E-state index in [1.54, 1.807) is 18.2 Å². The van der Waals surface area contributed by atoms with E-state index in [0.29, 0.717) is 16.3 Å². The molecule has 3 nitrogen and oxygen atoms in total. The summed E-state index contributed by atoms with van der Waals surface area (Å²) >= 11 is 5.84. The second-order valence-corrected chi connectivity index (χ2v) is 4.22. The quantitative estimate of drug-likeness (QED) is 0.845. The first kappa shape index (κ1) is 12.5. The van der Waals surface area contributed by atoms with Crippen molar-refractivity contribution < 1.29 is 9.18 Å². The molecule has 0 aliphatic heterocycles. The first-order valence-electron chi connectivity index (χ1n) is 5.25. The van der Waals surface area contributed by atoms with E-state index in [-0.39, 0.29) is 5.91 Å². The molecule has 2 rings (SSSR count). The van der Waals surface area contributed by atoms with Crippen molar-refractivity contribution in [2.45, 2.75) is 6.92 Å². The van der Waals surface area contributed by atoms with Gasteiger partial charge in [-0.1, -0.05) is 17.7 Å². The lowest BCUT2D eigenvalue weighted by molar-refractivity contribution is 0.102. The number of amides is 1. The third-order valence-electron chi connectivity index (χ3n) is 2.43. The summed E-state index contributed by atoms with van der Waals surface area (Å²) in [5, 5.41) is 3.12. The van der Waals surface area contributed by atoms with Gasteiger partial charge in [-0.15, -0.1) is 0 Å². The lowest BCUT2D eigenvalue weighted by Crippen LogP contribution is -2.13. The molecule has 0 atom stereocenters. The molecule has 0 unspecified atom stereocenters. The van der Waals surface area contributed by atoms with Crippen molar-refractivity contribution in [2.75, 3.05) is 5.32 Å². The minimum Gasteiger partial charge on any atom is -0.321 e. The van der Waals surface area contributed by atoms with Crippen LogP contribution in [0, 0.1) is 12.9 Å². The molecule has 0 saturated carbocycles. The van der Waals surface area contributed by atoms with E-state index < -0.39 is 5.95 Å². The number of aryl methyl sites for hydroxylation is 1. The Bertz CT molecular complexity index is 584. The van der Waals surface area contributed by atoms with Crippen LogP contribution < -0.4 is 5.32 Å². The highest BCUT2D eigenvalue weighted by Crippen LogP contribution is 2.17. The van der Waals surface area contributed by atoms with Gasteiger partial charge in [-0.05, 0) is 36.8 Å². The Balaban J connectivity index is 2.21. The van der Waals surface area contributed by atoms with Crippen LogP contribution in [0.25, 0.3) is 0 Å². The summed E-state index contributed by atoms with van der Waals surface area (Å²) < 4.78 is 12.6. The van der Waals surface area contributed by atoms with Gasteiger partial charge >= 0.3 is 0 Å². The third-order valence-corrected chi connectivity index (χ3v) is 2.66. The third kappa shape index (κ3) is 2.84. The minimum atomic E-state index is -0.591. The maximum absolute atomic E-state index is 12.6. The molecule has 1 aromatic heterocycles. The van der Waals surface area contributed by atoms with E-state index in [9.17, 15) is 9.18 Å². The highest BCUT2D eigenvalue weighted by atomic mass is 35.5. The molecule has 1 N–H and O–H groups in total. The summed E-state index contributed by atoms with van der Waals surface area (Å²) in [7, 11) is 0. The topological polar surface area (TPSA) is 42.0 Å². The largest absolute Gasteiger partial charge is 0.321 e. The molecule has 1 amide bonds. The zero-order chi connectivity index (χ0) is 13.1. The van der Waals surface area contributed by atoms with Gasteiger partial charge in [-0.2, -0.15) is 4.39 Å². The number of nitrogens with zero attached hydrogens (tertiary/aromatic N) is 1. The molecular formula is C13H10ClFN2O. The van der Waals surface area contributed by atoms with Crippen molar-refractivity contribution in [2.24, 2.45) is 0 Å². The summed E-state index contributed by atoms with van der Waals surface area (Å²) in [5.41, 5.74) is 1.72. The van der Waals surface area contributed by atoms with Crippen LogP contribution in [0.15, 0.2) is 36.5 Å². The van der Waals surface area contributed by atoms with Crippen molar-refractivity contribution in [3.8, 4) is 0 Å². The molecule has 0 aliphatic carbocycles. The molecule has 0 radical (unpaired) electrons. The minimum absolute atomic E-state index is 0.302. The standard InChI is InChI=1S/C13H10ClFN2O/c1-8-2-3-9(14)6-11(8)13(18)17-10-4-5-12(15)16-7-10/h2-7H,1H3,(H,17,18). The molecule has 0 aliphatic rings. The van der Waals surface area contributed by atoms with Gasteiger partial charge in [0.15, 0.2) is 0 Å². The Morgan fingerprint density at radius 3 is 2.78 bits per heavy atom. The fourth-order valence-corrected chi connectivity index (χ4v) is 1.66. The van der Waals surface area contributed by atoms with Crippen LogP contribution in [0.2, 0.25) is 5.02 Å². The molecule has 92 valence electrons. The Morgan fingerprint density at radius 2 is 2.11 bits per heavy atom. The van der Waals surface area contributed by atoms with Crippen molar-refractivity contribution in [1.82, 2.24) is 4.98 Å². The number of anilines is 1. The molecular weight excluding hydrogens is 255 g/mol. The Morgan fingerprint density at radius 1 is 1.33 bits per heavy atom. The average molecular weight is 265 g/mol. The molecule has 0 saturated heterocycles. The summed E-state index contributed by atoms with van der Waals surface area (Å²) in [4.78, 5) is 15.4. The number of benzene rings is 1. The van der Waals surface area contributed by atoms with E-state index in [4.69, 9.17) is 11.6 Å². The molecule has 2 aromatic rings. The van der Waals surface area contributed by atoms with E-state index in [1.807, 2.05) is 6.92 Å². The highest BCUT2D eigenvalue weighted by Gasteiger charge is 2.10. The van der Waals surface area contributed by atoms with Gasteiger partial charge in [-0.3, -0.25) is 4.79 Å². The molecule has 0 fully saturated rings. The van der Waals surface area contributed by atoms with Gasteiger partial charge in [0.05, 0.1) is 11.9 Å². The second-order valence-electron chi connectivity index (χ2n) is 3.78. The number of hydrogen-bond donors (Lipinski definition) is 1. The zero-order valence-corrected chi connectivity index (χ0v) is 10.3. The van der Waals surface area contributed by atoms with Crippen LogP contribution in [0.1, 0.15) is 15.9 Å². The number of carbonyl (C=O) groups excluding carboxylic acids is 1. The molecule has 0 spiro atoms. The monoisotopic (exact) mass is 264 g/mol. The smallest absolute Gasteiger partial charge is 0.256 e. The predicted octanol–water partition coefficient (Wildman–Crippen LogP) is 3.43. The van der Waals surface area contributed by atoms with Crippen LogP contribution in [0.5, 0.6) is 0 Å². The predicted molar refractivity (Wildman–Crippen MR) is 68.3 cm³/mol. The Kier molecular flexibility index (Phi) is 3.58. The van der Waals surface area contributed by atoms with E-state index in [0.717, 1.165) is 5.56 Å². The number of pyridine rings is 1. The number of rotatable bonds is 2. The van der Waals surface area contributed by atoms with Gasteiger partial charge in [0.1, 0.15) is 0 Å². The van der Waals surface area contributed by atoms with Crippen LogP contribution in [-0.4, -0.2) is 10.9 Å². The van der Waals surface area contributed by atoms with Crippen molar-refractivity contribution in [1.29, 1.82) is 0 Å². The molecule has 0 bridgehead atoms. The Labute approximate surface area is 109 Å². The van der Waals surface area contributed by atoms with Crippen molar-refractivity contribution in [3.63, 3.8) is 0 Å². The first-order chi connectivity index (χ1) is 8.56. The summed E-state index contributed by atoms with van der Waals surface area (Å²) in [6.45, 7) is 1.81. The Hall–Kier alpha value is -1.94. The van der Waals surface area contributed by atoms with Gasteiger partial charge in [-0.25, -0.2) is 4.98 Å². The van der Waals surface area contributed by atoms with Gasteiger partial charge in [0.2, 0.25) is 5.95 Å². The summed E-state index contributed by atoms with van der Waals surface area (Å²) in [6.07, 6.45) is 1.26.